The molecule has 3 N–H and O–H groups in total. The lowest BCUT2D eigenvalue weighted by Crippen LogP contribution is -2.61. The van der Waals surface area contributed by atoms with Crippen molar-refractivity contribution in [2.45, 2.75) is 72.3 Å². The molecule has 3 fully saturated rings. The van der Waals surface area contributed by atoms with Crippen molar-refractivity contribution >= 4 is 68.1 Å². The number of likely N-dealkylation sites (N-methyl/N-ethyl adjacent to an activating group) is 1. The number of amides is 7. The number of fused-ring (bicyclic) bond motifs is 3. The van der Waals surface area contributed by atoms with Crippen molar-refractivity contribution in [3.05, 3.63) is 101 Å². The first-order chi connectivity index (χ1) is 44.5. The van der Waals surface area contributed by atoms with Crippen LogP contribution < -0.4 is 15.5 Å². The molecule has 4 bridgehead atoms. The quantitative estimate of drug-likeness (QED) is 0.0254. The minimum absolute atomic E-state index is 0.00662. The van der Waals surface area contributed by atoms with Crippen molar-refractivity contribution in [1.82, 2.24) is 34.9 Å². The number of aromatic carboxylic acids is 1. The Balaban J connectivity index is 0.569. The summed E-state index contributed by atoms with van der Waals surface area (Å²) in [5.74, 6) is -1.49. The van der Waals surface area contributed by atoms with Crippen molar-refractivity contribution in [2.75, 3.05) is 149 Å². The van der Waals surface area contributed by atoms with Crippen LogP contribution in [0.25, 0.3) is 32.6 Å². The lowest BCUT2D eigenvalue weighted by molar-refractivity contribution is -0.133. The van der Waals surface area contributed by atoms with Gasteiger partial charge in [0.05, 0.1) is 147 Å². The van der Waals surface area contributed by atoms with E-state index in [0.29, 0.717) is 151 Å². The lowest BCUT2D eigenvalue weighted by Gasteiger charge is -2.70. The first-order valence-corrected chi connectivity index (χ1v) is 32.3. The van der Waals surface area contributed by atoms with Crippen molar-refractivity contribution in [1.29, 1.82) is 0 Å². The molecule has 26 heteroatoms. The number of benzene rings is 2. The third kappa shape index (κ3) is 16.6. The number of ether oxygens (including phenoxy) is 9. The van der Waals surface area contributed by atoms with Crippen LogP contribution in [0.3, 0.4) is 0 Å². The number of para-hydroxylation sites is 1. The zero-order valence-electron chi connectivity index (χ0n) is 52.8. The number of aryl methyl sites for hydroxylation is 1. The molecule has 92 heavy (non-hydrogen) atoms. The van der Waals surface area contributed by atoms with E-state index >= 15 is 0 Å². The summed E-state index contributed by atoms with van der Waals surface area (Å²) in [5, 5.41) is 21.5. The van der Waals surface area contributed by atoms with Gasteiger partial charge in [-0.1, -0.05) is 49.4 Å². The molecule has 7 aliphatic rings. The SMILES string of the molecule is Cc1c(-c2ccc(-c3ccc4c(c3)N(C(=O)Nc3nc5ccccc5s3)CCC4)nc2C(=O)O)cnn1CC12CC(OCCN(C)C(=O)CCOCCOCCOCCOCCOCCOCCOCCOCCNC(=O)N3C(=O)C=CC3=O)=C3C(C)(C1)CC3(C)C2. The van der Waals surface area contributed by atoms with E-state index in [-0.39, 0.29) is 60.1 Å². The number of carboxylic acids is 1. The summed E-state index contributed by atoms with van der Waals surface area (Å²) in [5.41, 5.74) is 7.06. The highest BCUT2D eigenvalue weighted by atomic mass is 32.1. The predicted octanol–water partition coefficient (Wildman–Crippen LogP) is 7.70. The molecule has 494 valence electrons. The number of carboxylic acid groups (broad SMARTS) is 1. The molecule has 2 atom stereocenters. The highest BCUT2D eigenvalue weighted by Crippen LogP contribution is 2.77. The topological polar surface area (TPSA) is 283 Å². The average Bonchev–Trinajstić information content (AvgIpc) is 0.712. The van der Waals surface area contributed by atoms with Crippen LogP contribution in [0.1, 0.15) is 74.1 Å². The fraction of sp³-hybridized carbons (Fsp3) is 0.530. The van der Waals surface area contributed by atoms with Crippen LogP contribution in [0.5, 0.6) is 0 Å². The number of carbonyl (C=O) groups is 6. The number of nitrogens with one attached hydrogen (secondary N) is 2. The Hall–Kier alpha value is -7.53. The molecule has 5 aliphatic carbocycles. The fourth-order valence-corrected chi connectivity index (χ4v) is 14.6. The minimum Gasteiger partial charge on any atom is -0.496 e. The second-order valence-electron chi connectivity index (χ2n) is 24.2. The van der Waals surface area contributed by atoms with Gasteiger partial charge in [0.2, 0.25) is 5.91 Å². The van der Waals surface area contributed by atoms with Crippen molar-refractivity contribution < 1.29 is 76.5 Å². The highest BCUT2D eigenvalue weighted by molar-refractivity contribution is 7.22. The molecular formula is C66H83N9O16S. The zero-order valence-corrected chi connectivity index (χ0v) is 53.7. The van der Waals surface area contributed by atoms with Crippen molar-refractivity contribution in [3.63, 3.8) is 0 Å². The Kier molecular flexibility index (Phi) is 23.0. The van der Waals surface area contributed by atoms with Crippen LogP contribution >= 0.6 is 11.3 Å². The largest absolute Gasteiger partial charge is 0.496 e. The van der Waals surface area contributed by atoms with Gasteiger partial charge in [-0.15, -0.1) is 0 Å². The van der Waals surface area contributed by atoms with Crippen LogP contribution in [0.4, 0.5) is 20.4 Å². The van der Waals surface area contributed by atoms with Gasteiger partial charge >= 0.3 is 18.0 Å². The monoisotopic (exact) mass is 1290 g/mol. The molecule has 2 aliphatic heterocycles. The molecule has 0 saturated heterocycles. The molecule has 25 nitrogen and oxygen atoms in total. The van der Waals surface area contributed by atoms with Crippen LogP contribution in [-0.2, 0) is 70.0 Å². The highest BCUT2D eigenvalue weighted by Gasteiger charge is 2.68. The number of rotatable bonds is 37. The van der Waals surface area contributed by atoms with Gasteiger partial charge < -0.3 is 58.0 Å². The second kappa shape index (κ2) is 31.4. The zero-order chi connectivity index (χ0) is 64.7. The fourth-order valence-electron chi connectivity index (χ4n) is 13.7. The van der Waals surface area contributed by atoms with E-state index in [2.05, 4.69) is 29.5 Å². The second-order valence-corrected chi connectivity index (χ2v) is 25.3. The molecule has 5 heterocycles. The predicted molar refractivity (Wildman–Crippen MR) is 340 cm³/mol. The number of urea groups is 2. The summed E-state index contributed by atoms with van der Waals surface area (Å²) < 4.78 is 53.9. The van der Waals surface area contributed by atoms with E-state index in [0.717, 1.165) is 83.6 Å². The van der Waals surface area contributed by atoms with Gasteiger partial charge in [0.25, 0.3) is 11.8 Å². The number of imide groups is 3. The molecule has 2 aromatic carbocycles. The standard InChI is InChI=1S/C66H83N9O16S/c1-45-49(48-13-14-50(69-58(48)60(79)80)47-12-11-46-8-7-19-73(52(46)38-47)63(82)71-61-70-51-9-5-6-10-54(51)92-61)40-68-74(45)44-66-39-53(59-64(2,42-66)41-65(59,3)43-66)91-23-20-72(4)55(76)17-21-83-24-26-85-28-30-87-32-34-89-36-37-90-35-33-88-31-29-86-27-25-84-22-18-67-62(81)75-56(77)15-16-57(75)78/h5-6,9-16,38,40H,7-8,17-37,39,41-44H2,1-4H3,(H,67,81)(H,79,80)(H,70,71,82). The number of hydrogen-bond donors (Lipinski definition) is 3. The molecule has 3 saturated carbocycles. The first-order valence-electron chi connectivity index (χ1n) is 31.5. The molecule has 0 spiro atoms. The number of nitrogens with zero attached hydrogens (tertiary/aromatic N) is 7. The van der Waals surface area contributed by atoms with E-state index in [9.17, 15) is 33.9 Å². The summed E-state index contributed by atoms with van der Waals surface area (Å²) in [6, 6.07) is 16.2. The van der Waals surface area contributed by atoms with Gasteiger partial charge in [0, 0.05) is 73.3 Å². The molecule has 0 radical (unpaired) electrons. The maximum atomic E-state index is 13.7. The third-order valence-electron chi connectivity index (χ3n) is 17.3. The van der Waals surface area contributed by atoms with Gasteiger partial charge in [-0.2, -0.15) is 10.00 Å². The summed E-state index contributed by atoms with van der Waals surface area (Å²) >= 11 is 1.42. The number of hydrogen-bond acceptors (Lipinski definition) is 19. The lowest BCUT2D eigenvalue weighted by atomic mass is 9.35. The van der Waals surface area contributed by atoms with E-state index in [4.69, 9.17) is 52.7 Å². The van der Waals surface area contributed by atoms with E-state index in [1.165, 1.54) is 16.9 Å². The molecule has 12 rings (SSSR count). The maximum absolute atomic E-state index is 13.7. The van der Waals surface area contributed by atoms with Gasteiger partial charge in [-0.25, -0.2) is 24.4 Å². The summed E-state index contributed by atoms with van der Waals surface area (Å²) in [7, 11) is 1.79. The van der Waals surface area contributed by atoms with Crippen molar-refractivity contribution in [3.8, 4) is 22.4 Å². The Morgan fingerprint density at radius 1 is 0.707 bits per heavy atom. The van der Waals surface area contributed by atoms with Gasteiger partial charge in [0.15, 0.2) is 10.8 Å². The van der Waals surface area contributed by atoms with Crippen LogP contribution in [0.15, 0.2) is 84.3 Å². The Morgan fingerprint density at radius 2 is 1.32 bits per heavy atom. The van der Waals surface area contributed by atoms with Crippen LogP contribution in [0.2, 0.25) is 0 Å². The molecule has 2 unspecified atom stereocenters. The smallest absolute Gasteiger partial charge is 0.355 e. The molecular weight excluding hydrogens is 1210 g/mol. The summed E-state index contributed by atoms with van der Waals surface area (Å²) in [6.45, 7) is 14.8. The number of thiazole rings is 1. The maximum Gasteiger partial charge on any atom is 0.355 e. The molecule has 3 aromatic heterocycles. The van der Waals surface area contributed by atoms with Gasteiger partial charge in [-0.05, 0) is 96.7 Å². The van der Waals surface area contributed by atoms with E-state index in [1.807, 2.05) is 66.2 Å². The molecule has 7 amide bonds. The normalized spacial score (nSPS) is 19.7. The minimum atomic E-state index is -1.15. The van der Waals surface area contributed by atoms with Crippen LogP contribution in [0, 0.1) is 23.2 Å². The van der Waals surface area contributed by atoms with Gasteiger partial charge in [0.1, 0.15) is 6.61 Å². The Morgan fingerprint density at radius 3 is 1.93 bits per heavy atom. The summed E-state index contributed by atoms with van der Waals surface area (Å²) in [4.78, 5) is 88.0. The number of aromatic nitrogens is 4. The van der Waals surface area contributed by atoms with Crippen LogP contribution in [-0.4, -0.2) is 209 Å². The molecule has 5 aromatic rings. The third-order valence-corrected chi connectivity index (χ3v) is 18.2. The van der Waals surface area contributed by atoms with Crippen molar-refractivity contribution in [2.24, 2.45) is 16.2 Å². The Bertz CT molecular complexity index is 3450. The number of pyridine rings is 1. The van der Waals surface area contributed by atoms with E-state index in [1.54, 1.807) is 23.0 Å². The number of allylic oxidation sites excluding steroid dienone is 2. The Labute approximate surface area is 538 Å². The first kappa shape index (κ1) is 67.4. The number of anilines is 2. The number of carbonyl (C=O) groups excluding carboxylic acids is 5. The summed E-state index contributed by atoms with van der Waals surface area (Å²) in [6.07, 6.45) is 9.55. The van der Waals surface area contributed by atoms with Gasteiger partial charge in [-0.3, -0.25) is 29.3 Å². The average molecular weight is 1290 g/mol. The van der Waals surface area contributed by atoms with E-state index < -0.39 is 23.8 Å².